The maximum Gasteiger partial charge on any atom is 0.270 e. The molecule has 2 aliphatic carbocycles. The Morgan fingerprint density at radius 3 is 2.59 bits per heavy atom. The molecule has 0 unspecified atom stereocenters. The predicted molar refractivity (Wildman–Crippen MR) is 134 cm³/mol. The van der Waals surface area contributed by atoms with Crippen LogP contribution in [0.2, 0.25) is 0 Å². The minimum Gasteiger partial charge on any atom is -0.399 e. The molecular formula is C24H32N4O5S. The summed E-state index contributed by atoms with van der Waals surface area (Å²) in [4.78, 5) is 21.5. The molecule has 1 atom stereocenters. The van der Waals surface area contributed by atoms with Crippen LogP contribution < -0.4 is 11.1 Å². The Morgan fingerprint density at radius 2 is 1.88 bits per heavy atom. The molecule has 3 N–H and O–H groups in total. The minimum absolute atomic E-state index is 0. The van der Waals surface area contributed by atoms with Crippen molar-refractivity contribution in [2.45, 2.75) is 44.1 Å². The van der Waals surface area contributed by atoms with Crippen molar-refractivity contribution in [1.29, 1.82) is 0 Å². The number of rotatable bonds is 1. The number of hydrogen-bond acceptors (Lipinski definition) is 7. The number of benzene rings is 2. The van der Waals surface area contributed by atoms with Crippen molar-refractivity contribution in [1.82, 2.24) is 9.62 Å². The van der Waals surface area contributed by atoms with E-state index in [0.29, 0.717) is 23.5 Å². The number of nitrogens with two attached hydrogens (primary N) is 1. The largest absolute Gasteiger partial charge is 0.399 e. The second-order valence-corrected chi connectivity index (χ2v) is 11.0. The summed E-state index contributed by atoms with van der Waals surface area (Å²) in [6.07, 6.45) is 4.89. The van der Waals surface area contributed by atoms with Gasteiger partial charge in [0.25, 0.3) is 5.69 Å². The molecule has 1 aliphatic heterocycles. The van der Waals surface area contributed by atoms with E-state index in [0.717, 1.165) is 43.2 Å². The second kappa shape index (κ2) is 8.75. The number of anilines is 1. The van der Waals surface area contributed by atoms with E-state index >= 15 is 0 Å². The SMILES string of the molecule is C=C1N[C@@]2(CCCc3ccc(N)cc32)CS(=O)(=O)N1C.O=C1CCCc2ccc([N+](=O)[O-])cc21.[2HH].[2H][2H]. The fraction of sp³-hybridized carbons (Fsp3) is 0.375. The van der Waals surface area contributed by atoms with E-state index in [1.165, 1.54) is 29.0 Å². The third-order valence-corrected chi connectivity index (χ3v) is 8.68. The highest BCUT2D eigenvalue weighted by molar-refractivity contribution is 7.89. The number of nitrogens with zero attached hydrogens (tertiary/aromatic N) is 2. The highest BCUT2D eigenvalue weighted by Gasteiger charge is 2.46. The van der Waals surface area contributed by atoms with E-state index in [2.05, 4.69) is 11.9 Å². The molecule has 9 nitrogen and oxygen atoms in total. The van der Waals surface area contributed by atoms with Gasteiger partial charge >= 0.3 is 0 Å². The smallest absolute Gasteiger partial charge is 0.270 e. The number of ketones is 1. The first-order valence-electron chi connectivity index (χ1n) is 12.2. The molecule has 0 bridgehead atoms. The number of hydrogen-bond donors (Lipinski definition) is 2. The van der Waals surface area contributed by atoms with Gasteiger partial charge < -0.3 is 11.1 Å². The lowest BCUT2D eigenvalue weighted by atomic mass is 9.77. The maximum atomic E-state index is 12.4. The van der Waals surface area contributed by atoms with Gasteiger partial charge in [0, 0.05) is 41.2 Å². The minimum atomic E-state index is -3.34. The van der Waals surface area contributed by atoms with Crippen LogP contribution in [0.3, 0.4) is 0 Å². The molecule has 5 rings (SSSR count). The molecule has 184 valence electrons. The Bertz CT molecular complexity index is 1310. The van der Waals surface area contributed by atoms with Crippen LogP contribution in [0.1, 0.15) is 57.1 Å². The zero-order valence-electron chi connectivity index (χ0n) is 21.0. The van der Waals surface area contributed by atoms with Crippen LogP contribution in [0.5, 0.6) is 0 Å². The highest BCUT2D eigenvalue weighted by Crippen LogP contribution is 2.41. The van der Waals surface area contributed by atoms with E-state index in [1.54, 1.807) is 6.07 Å². The first-order valence-corrected chi connectivity index (χ1v) is 12.8. The van der Waals surface area contributed by atoms with Crippen LogP contribution in [0, 0.1) is 10.1 Å². The molecule has 0 aromatic heterocycles. The van der Waals surface area contributed by atoms with Gasteiger partial charge in [-0.25, -0.2) is 8.42 Å². The summed E-state index contributed by atoms with van der Waals surface area (Å²) in [5.74, 6) is 0.493. The van der Waals surface area contributed by atoms with Gasteiger partial charge in [-0.15, -0.1) is 0 Å². The van der Waals surface area contributed by atoms with Gasteiger partial charge in [0.15, 0.2) is 5.78 Å². The number of nitrogen functional groups attached to an aromatic ring is 1. The van der Waals surface area contributed by atoms with Crippen LogP contribution in [-0.4, -0.2) is 36.2 Å². The zero-order valence-corrected chi connectivity index (χ0v) is 19.9. The first kappa shape index (κ1) is 22.4. The molecule has 2 aromatic carbocycles. The van der Waals surface area contributed by atoms with Crippen molar-refractivity contribution in [2.24, 2.45) is 0 Å². The number of fused-ring (bicyclic) bond motifs is 3. The topological polar surface area (TPSA) is 136 Å². The van der Waals surface area contributed by atoms with Crippen LogP contribution in [0.15, 0.2) is 48.8 Å². The van der Waals surface area contributed by atoms with Crippen LogP contribution in [0.25, 0.3) is 0 Å². The number of aryl methyl sites for hydroxylation is 2. The lowest BCUT2D eigenvalue weighted by molar-refractivity contribution is -0.384. The summed E-state index contributed by atoms with van der Waals surface area (Å²) < 4.78 is 35.9. The molecule has 10 heteroatoms. The Morgan fingerprint density at radius 1 is 1.18 bits per heavy atom. The van der Waals surface area contributed by atoms with Gasteiger partial charge in [0.05, 0.1) is 16.2 Å². The molecule has 3 aliphatic rings. The van der Waals surface area contributed by atoms with Crippen molar-refractivity contribution >= 4 is 27.2 Å². The zero-order chi connectivity index (χ0) is 26.7. The standard InChI is InChI=1S/C14H19N3O2S.C10H9NO3.2H2/c1-10-16-14(9-20(18,19)17(10)2)7-3-4-11-5-6-12(15)8-13(11)14;12-10-3-1-2-7-4-5-8(11(13)14)6-9(7)10;;/h5-6,8,16H,1,3-4,7,9,15H2,2H3;4-6H,1-3H2;2*1H/t14-;;;/m0.../s1/i;;1+1D;1+1. The summed E-state index contributed by atoms with van der Waals surface area (Å²) in [6.45, 7) is 3.84. The summed E-state index contributed by atoms with van der Waals surface area (Å²) >= 11 is 0. The molecule has 0 amide bonds. The number of carbonyl (C=O) groups excluding carboxylic acids is 1. The van der Waals surface area contributed by atoms with E-state index < -0.39 is 20.5 Å². The maximum absolute atomic E-state index is 12.4. The predicted octanol–water partition coefficient (Wildman–Crippen LogP) is 3.74. The van der Waals surface area contributed by atoms with Gasteiger partial charge in [-0.1, -0.05) is 18.7 Å². The first-order chi connectivity index (χ1) is 17.0. The Kier molecular flexibility index (Phi) is 5.76. The molecular weight excluding hydrogens is 456 g/mol. The Hall–Kier alpha value is -3.40. The number of sulfonamides is 1. The van der Waals surface area contributed by atoms with Gasteiger partial charge in [0.2, 0.25) is 10.0 Å². The molecule has 1 saturated heterocycles. The summed E-state index contributed by atoms with van der Waals surface area (Å²) in [7, 11) is -1.82. The number of non-ortho nitro benzene ring substituents is 1. The molecule has 2 aromatic rings. The van der Waals surface area contributed by atoms with Crippen molar-refractivity contribution in [3.8, 4) is 0 Å². The normalized spacial score (nSPS) is 22.9. The van der Waals surface area contributed by atoms with Crippen molar-refractivity contribution in [2.75, 3.05) is 18.5 Å². The van der Waals surface area contributed by atoms with Crippen molar-refractivity contribution in [3.05, 3.63) is 81.2 Å². The quantitative estimate of drug-likeness (QED) is 0.352. The summed E-state index contributed by atoms with van der Waals surface area (Å²) in [6, 6.07) is 10.3. The van der Waals surface area contributed by atoms with Gasteiger partial charge in [0.1, 0.15) is 5.82 Å². The van der Waals surface area contributed by atoms with Crippen LogP contribution >= 0.6 is 0 Å². The van der Waals surface area contributed by atoms with Crippen LogP contribution in [-0.2, 0) is 28.4 Å². The fourth-order valence-electron chi connectivity index (χ4n) is 4.95. The average molecular weight is 492 g/mol. The van der Waals surface area contributed by atoms with Crippen molar-refractivity contribution in [3.63, 3.8) is 0 Å². The van der Waals surface area contributed by atoms with E-state index in [1.807, 2.05) is 18.2 Å². The lowest BCUT2D eigenvalue weighted by Gasteiger charge is -2.46. The summed E-state index contributed by atoms with van der Waals surface area (Å²) in [5, 5.41) is 13.8. The molecule has 34 heavy (non-hydrogen) atoms. The fourth-order valence-corrected chi connectivity index (χ4v) is 6.52. The van der Waals surface area contributed by atoms with E-state index in [4.69, 9.17) is 8.70 Å². The molecule has 0 radical (unpaired) electrons. The number of Topliss-reactive ketones (excluding diaryl/α,β-unsaturated/α-hetero) is 1. The number of carbonyl (C=O) groups is 1. The monoisotopic (exact) mass is 491 g/mol. The molecule has 1 spiro atoms. The van der Waals surface area contributed by atoms with Crippen LogP contribution in [0.4, 0.5) is 11.4 Å². The van der Waals surface area contributed by atoms with Gasteiger partial charge in [-0.3, -0.25) is 19.2 Å². The van der Waals surface area contributed by atoms with Gasteiger partial charge in [-0.05, 0) is 60.9 Å². The Labute approximate surface area is 203 Å². The molecule has 1 fully saturated rings. The van der Waals surface area contributed by atoms with E-state index in [-0.39, 0.29) is 18.7 Å². The summed E-state index contributed by atoms with van der Waals surface area (Å²) in [5.41, 5.74) is 9.60. The number of nitro benzene ring substituents is 1. The third-order valence-electron chi connectivity index (χ3n) is 6.76. The Balaban J connectivity index is 0.000000250. The second-order valence-electron chi connectivity index (χ2n) is 9.02. The third kappa shape index (κ3) is 4.37. The number of nitro groups is 1. The van der Waals surface area contributed by atoms with Gasteiger partial charge in [-0.2, -0.15) is 0 Å². The van der Waals surface area contributed by atoms with Crippen molar-refractivity contribution < 1.29 is 22.5 Å². The lowest BCUT2D eigenvalue weighted by Crippen LogP contribution is -2.58. The molecule has 1 heterocycles. The number of nitrogens with one attached hydrogen (secondary N) is 1. The highest BCUT2D eigenvalue weighted by atomic mass is 32.2. The van der Waals surface area contributed by atoms with E-state index in [9.17, 15) is 23.3 Å². The molecule has 0 saturated carbocycles. The average Bonchev–Trinajstić information content (AvgIpc) is 2.85.